The number of quaternary nitrogens is 1. The van der Waals surface area contributed by atoms with Crippen LogP contribution < -0.4 is 5.48 Å². The Balaban J connectivity index is 1.97. The topological polar surface area (TPSA) is 69.5 Å². The van der Waals surface area contributed by atoms with Gasteiger partial charge in [-0.1, -0.05) is 12.1 Å². The fourth-order valence-corrected chi connectivity index (χ4v) is 2.69. The molecule has 0 aromatic heterocycles. The molecular formula is C14H23N2O3+. The number of aliphatic hydroxyl groups is 2. The number of β-amino-alcohol motifs (C(OH)–C–C–N with tert-alkyl or cyclic N) is 1. The summed E-state index contributed by atoms with van der Waals surface area (Å²) in [5.74, 6) is 0.178. The standard InChI is InChI=1S/C14H22N2O3/c1-19-15-13-4-2-3-11(5-13)7-16-8-12(10-17)6-14(18)9-16/h2-5,12,14-15,17-18H,6-10H2,1H3/p+1. The molecular weight excluding hydrogens is 244 g/mol. The van der Waals surface area contributed by atoms with Crippen LogP contribution in [0.5, 0.6) is 0 Å². The van der Waals surface area contributed by atoms with E-state index in [0.29, 0.717) is 13.0 Å². The van der Waals surface area contributed by atoms with Crippen LogP contribution in [-0.4, -0.2) is 48.0 Å². The number of hydrogen-bond donors (Lipinski definition) is 3. The molecule has 106 valence electrons. The molecule has 1 aromatic carbocycles. The predicted molar refractivity (Wildman–Crippen MR) is 71.5 cm³/mol. The summed E-state index contributed by atoms with van der Waals surface area (Å²) in [6.07, 6.45) is 0.365. The molecule has 0 radical (unpaired) electrons. The Kier molecular flexibility index (Phi) is 5.30. The van der Waals surface area contributed by atoms with Gasteiger partial charge in [0.2, 0.25) is 0 Å². The minimum atomic E-state index is -0.334. The highest BCUT2D eigenvalue weighted by atomic mass is 16.6. The van der Waals surface area contributed by atoms with Crippen LogP contribution >= 0.6 is 0 Å². The maximum atomic E-state index is 9.82. The van der Waals surface area contributed by atoms with Crippen LogP contribution in [0.1, 0.15) is 12.0 Å². The fourth-order valence-electron chi connectivity index (χ4n) is 2.69. The number of hydrogen-bond acceptors (Lipinski definition) is 4. The predicted octanol–water partition coefficient (Wildman–Crippen LogP) is -0.382. The molecule has 1 aliphatic heterocycles. The summed E-state index contributed by atoms with van der Waals surface area (Å²) < 4.78 is 0. The van der Waals surface area contributed by atoms with Crippen molar-refractivity contribution in [1.82, 2.24) is 4.90 Å². The Morgan fingerprint density at radius 2 is 2.26 bits per heavy atom. The summed E-state index contributed by atoms with van der Waals surface area (Å²) in [6.45, 7) is 2.45. The highest BCUT2D eigenvalue weighted by molar-refractivity contribution is 5.32. The Morgan fingerprint density at radius 1 is 1.42 bits per heavy atom. The first-order chi connectivity index (χ1) is 9.21. The number of benzene rings is 1. The molecule has 0 bridgehead atoms. The van der Waals surface area contributed by atoms with Crippen molar-refractivity contribution in [3.63, 3.8) is 0 Å². The van der Waals surface area contributed by atoms with Gasteiger partial charge in [-0.25, -0.2) is 4.84 Å². The summed E-state index contributed by atoms with van der Waals surface area (Å²) in [6, 6.07) is 8.15. The third-order valence-electron chi connectivity index (χ3n) is 3.46. The van der Waals surface area contributed by atoms with E-state index in [9.17, 15) is 10.2 Å². The molecule has 1 aromatic rings. The number of nitrogens with zero attached hydrogens (tertiary/aromatic N) is 1. The van der Waals surface area contributed by atoms with E-state index in [1.165, 1.54) is 5.56 Å². The number of aliphatic hydroxyl groups excluding tert-OH is 2. The lowest BCUT2D eigenvalue weighted by Crippen LogP contribution is -2.75. The number of piperidine rings is 1. The van der Waals surface area contributed by atoms with Crippen LogP contribution in [0.3, 0.4) is 0 Å². The SMILES string of the molecule is CO[NH2+]c1cccc(CN2CC(O)CC(CO)C2)c1. The highest BCUT2D eigenvalue weighted by Gasteiger charge is 2.25. The molecule has 0 spiro atoms. The van der Waals surface area contributed by atoms with E-state index in [-0.39, 0.29) is 18.6 Å². The molecule has 0 saturated carbocycles. The average Bonchev–Trinajstić information content (AvgIpc) is 2.39. The van der Waals surface area contributed by atoms with Gasteiger partial charge < -0.3 is 10.2 Å². The Hall–Kier alpha value is -0.980. The first kappa shape index (κ1) is 14.4. The van der Waals surface area contributed by atoms with Crippen molar-refractivity contribution in [2.24, 2.45) is 5.92 Å². The summed E-state index contributed by atoms with van der Waals surface area (Å²) in [5, 5.41) is 19.1. The first-order valence-electron chi connectivity index (χ1n) is 6.67. The fraction of sp³-hybridized carbons (Fsp3) is 0.571. The second-order valence-electron chi connectivity index (χ2n) is 5.23. The molecule has 5 nitrogen and oxygen atoms in total. The maximum Gasteiger partial charge on any atom is 0.162 e. The largest absolute Gasteiger partial charge is 0.396 e. The number of likely N-dealkylation sites (tertiary alicyclic amines) is 1. The molecule has 1 saturated heterocycles. The van der Waals surface area contributed by atoms with E-state index in [1.807, 2.05) is 12.1 Å². The Labute approximate surface area is 113 Å². The van der Waals surface area contributed by atoms with Gasteiger partial charge in [0.25, 0.3) is 0 Å². The minimum Gasteiger partial charge on any atom is -0.396 e. The summed E-state index contributed by atoms with van der Waals surface area (Å²) in [4.78, 5) is 7.21. The van der Waals surface area contributed by atoms with Gasteiger partial charge in [0, 0.05) is 38.4 Å². The van der Waals surface area contributed by atoms with E-state index >= 15 is 0 Å². The van der Waals surface area contributed by atoms with E-state index < -0.39 is 0 Å². The minimum absolute atomic E-state index is 0.144. The van der Waals surface area contributed by atoms with Crippen LogP contribution in [0.4, 0.5) is 5.69 Å². The van der Waals surface area contributed by atoms with Crippen LogP contribution in [0.15, 0.2) is 24.3 Å². The highest BCUT2D eigenvalue weighted by Crippen LogP contribution is 2.19. The van der Waals surface area contributed by atoms with Crippen molar-refractivity contribution in [3.8, 4) is 0 Å². The van der Waals surface area contributed by atoms with Crippen LogP contribution in [0.2, 0.25) is 0 Å². The molecule has 0 amide bonds. The first-order valence-corrected chi connectivity index (χ1v) is 6.67. The lowest BCUT2D eigenvalue weighted by molar-refractivity contribution is -0.830. The molecule has 2 unspecified atom stereocenters. The monoisotopic (exact) mass is 267 g/mol. The average molecular weight is 267 g/mol. The molecule has 0 aliphatic carbocycles. The van der Waals surface area contributed by atoms with Gasteiger partial charge in [0.1, 0.15) is 0 Å². The van der Waals surface area contributed by atoms with Crippen molar-refractivity contribution >= 4 is 5.69 Å². The quantitative estimate of drug-likeness (QED) is 0.502. The molecule has 1 aliphatic rings. The van der Waals surface area contributed by atoms with Crippen molar-refractivity contribution in [1.29, 1.82) is 0 Å². The van der Waals surface area contributed by atoms with Crippen molar-refractivity contribution < 1.29 is 20.5 Å². The normalized spacial score (nSPS) is 24.6. The molecule has 2 atom stereocenters. The molecule has 1 heterocycles. The Bertz CT molecular complexity index is 400. The van der Waals surface area contributed by atoms with Crippen LogP contribution in [0.25, 0.3) is 0 Å². The number of rotatable bonds is 5. The zero-order valence-electron chi connectivity index (χ0n) is 11.3. The summed E-state index contributed by atoms with van der Waals surface area (Å²) in [7, 11) is 1.64. The van der Waals surface area contributed by atoms with E-state index in [2.05, 4.69) is 17.0 Å². The zero-order chi connectivity index (χ0) is 13.7. The molecule has 1 fully saturated rings. The number of nitrogens with two attached hydrogens (primary N) is 1. The zero-order valence-corrected chi connectivity index (χ0v) is 11.3. The molecule has 2 rings (SSSR count). The smallest absolute Gasteiger partial charge is 0.162 e. The van der Waals surface area contributed by atoms with Gasteiger partial charge in [0.15, 0.2) is 5.69 Å². The second-order valence-corrected chi connectivity index (χ2v) is 5.23. The third-order valence-corrected chi connectivity index (χ3v) is 3.46. The van der Waals surface area contributed by atoms with Gasteiger partial charge in [-0.15, -0.1) is 0 Å². The molecule has 5 heteroatoms. The van der Waals surface area contributed by atoms with Crippen LogP contribution in [-0.2, 0) is 11.4 Å². The molecule has 19 heavy (non-hydrogen) atoms. The van der Waals surface area contributed by atoms with Crippen molar-refractivity contribution in [2.75, 3.05) is 26.8 Å². The summed E-state index contributed by atoms with van der Waals surface area (Å²) >= 11 is 0. The van der Waals surface area contributed by atoms with Gasteiger partial charge in [-0.05, 0) is 17.9 Å². The van der Waals surface area contributed by atoms with Gasteiger partial charge >= 0.3 is 0 Å². The Morgan fingerprint density at radius 3 is 3.00 bits per heavy atom. The molecule has 4 N–H and O–H groups in total. The van der Waals surface area contributed by atoms with E-state index in [1.54, 1.807) is 12.6 Å². The van der Waals surface area contributed by atoms with Gasteiger partial charge in [-0.2, -0.15) is 5.48 Å². The van der Waals surface area contributed by atoms with Crippen LogP contribution in [0, 0.1) is 5.92 Å². The lowest BCUT2D eigenvalue weighted by Gasteiger charge is -2.34. The van der Waals surface area contributed by atoms with Crippen molar-refractivity contribution in [3.05, 3.63) is 29.8 Å². The third kappa shape index (κ3) is 4.26. The lowest BCUT2D eigenvalue weighted by atomic mass is 9.96. The summed E-state index contributed by atoms with van der Waals surface area (Å²) in [5.41, 5.74) is 3.94. The second kappa shape index (κ2) is 6.98. The van der Waals surface area contributed by atoms with E-state index in [0.717, 1.165) is 18.8 Å². The van der Waals surface area contributed by atoms with Gasteiger partial charge in [-0.3, -0.25) is 4.90 Å². The van der Waals surface area contributed by atoms with Crippen molar-refractivity contribution in [2.45, 2.75) is 19.1 Å². The van der Waals surface area contributed by atoms with Gasteiger partial charge in [0.05, 0.1) is 13.2 Å². The maximum absolute atomic E-state index is 9.82. The van der Waals surface area contributed by atoms with E-state index in [4.69, 9.17) is 4.84 Å².